The van der Waals surface area contributed by atoms with Gasteiger partial charge in [-0.3, -0.25) is 0 Å². The van der Waals surface area contributed by atoms with Gasteiger partial charge in [0, 0.05) is 0 Å². The quantitative estimate of drug-likeness (QED) is 0.625. The van der Waals surface area contributed by atoms with E-state index in [1.807, 2.05) is 54.6 Å². The first-order chi connectivity index (χ1) is 11.0. The smallest absolute Gasteiger partial charge is 0.166 e. The highest BCUT2D eigenvalue weighted by molar-refractivity contribution is 5.86. The van der Waals surface area contributed by atoms with E-state index in [4.69, 9.17) is 0 Å². The molecule has 23 heavy (non-hydrogen) atoms. The molecule has 1 aliphatic rings. The molecule has 0 atom stereocenters. The maximum Gasteiger partial charge on any atom is 0.416 e. The van der Waals surface area contributed by atoms with Crippen LogP contribution in [0.5, 0.6) is 0 Å². The molecule has 0 fully saturated rings. The molecule has 0 heterocycles. The van der Waals surface area contributed by atoms with Crippen molar-refractivity contribution >= 4 is 11.6 Å². The van der Waals surface area contributed by atoms with Crippen molar-refractivity contribution in [2.45, 2.75) is 12.6 Å². The predicted molar refractivity (Wildman–Crippen MR) is 87.6 cm³/mol. The molecule has 116 valence electrons. The van der Waals surface area contributed by atoms with Gasteiger partial charge in [-0.25, -0.2) is 0 Å². The number of alkyl halides is 3. The topological polar surface area (TPSA) is 0 Å². The number of benzene rings is 2. The third-order valence-corrected chi connectivity index (χ3v) is 3.75. The normalized spacial score (nSPS) is 16.5. The van der Waals surface area contributed by atoms with Crippen LogP contribution in [-0.4, -0.2) is 0 Å². The maximum atomic E-state index is 12.6. The third-order valence-electron chi connectivity index (χ3n) is 3.75. The van der Waals surface area contributed by atoms with E-state index in [9.17, 15) is 13.2 Å². The van der Waals surface area contributed by atoms with Crippen molar-refractivity contribution in [3.8, 4) is 0 Å². The highest BCUT2D eigenvalue weighted by atomic mass is 19.4. The van der Waals surface area contributed by atoms with E-state index >= 15 is 0 Å². The number of allylic oxidation sites excluding steroid dienone is 5. The fourth-order valence-corrected chi connectivity index (χ4v) is 2.58. The molecule has 3 rings (SSSR count). The predicted octanol–water partition coefficient (Wildman–Crippen LogP) is 6.13. The minimum atomic E-state index is -4.30. The summed E-state index contributed by atoms with van der Waals surface area (Å²) in [6.07, 6.45) is 4.50. The van der Waals surface area contributed by atoms with E-state index < -0.39 is 11.7 Å². The Balaban J connectivity index is 1.92. The monoisotopic (exact) mass is 312 g/mol. The zero-order valence-corrected chi connectivity index (χ0v) is 12.3. The van der Waals surface area contributed by atoms with Crippen LogP contribution in [0.3, 0.4) is 0 Å². The van der Waals surface area contributed by atoms with Gasteiger partial charge in [0.25, 0.3) is 0 Å². The fraction of sp³-hybridized carbons (Fsp3) is 0.100. The largest absolute Gasteiger partial charge is 0.416 e. The van der Waals surface area contributed by atoms with Crippen LogP contribution in [0.2, 0.25) is 0 Å². The summed E-state index contributed by atoms with van der Waals surface area (Å²) in [7, 11) is 0. The van der Waals surface area contributed by atoms with Crippen LogP contribution >= 0.6 is 0 Å². The molecule has 0 bridgehead atoms. The molecule has 0 amide bonds. The Hall–Kier alpha value is -2.55. The Labute approximate surface area is 133 Å². The van der Waals surface area contributed by atoms with E-state index in [1.54, 1.807) is 0 Å². The van der Waals surface area contributed by atoms with Crippen molar-refractivity contribution < 1.29 is 13.2 Å². The van der Waals surface area contributed by atoms with E-state index in [0.717, 1.165) is 40.8 Å². The second-order valence-corrected chi connectivity index (χ2v) is 5.37. The van der Waals surface area contributed by atoms with Crippen molar-refractivity contribution in [2.24, 2.45) is 0 Å². The molecule has 0 saturated carbocycles. The summed E-state index contributed by atoms with van der Waals surface area (Å²) in [5.41, 5.74) is 3.45. The van der Waals surface area contributed by atoms with E-state index in [0.29, 0.717) is 0 Å². The molecular weight excluding hydrogens is 297 g/mol. The summed E-state index contributed by atoms with van der Waals surface area (Å²) in [5.74, 6) is 0. The summed E-state index contributed by atoms with van der Waals surface area (Å²) in [5, 5.41) is 0. The number of halogens is 3. The van der Waals surface area contributed by atoms with Crippen LogP contribution in [0, 0.1) is 0 Å². The maximum absolute atomic E-state index is 12.6. The Kier molecular flexibility index (Phi) is 4.20. The van der Waals surface area contributed by atoms with Crippen LogP contribution in [-0.2, 0) is 6.18 Å². The number of hydrogen-bond acceptors (Lipinski definition) is 0. The molecule has 0 radical (unpaired) electrons. The molecule has 1 aliphatic carbocycles. The van der Waals surface area contributed by atoms with Gasteiger partial charge < -0.3 is 0 Å². The molecule has 2 aromatic carbocycles. The summed E-state index contributed by atoms with van der Waals surface area (Å²) in [6.45, 7) is 0. The summed E-state index contributed by atoms with van der Waals surface area (Å²) < 4.78 is 37.9. The van der Waals surface area contributed by atoms with Gasteiger partial charge in [-0.2, -0.15) is 13.2 Å². The molecule has 0 aromatic heterocycles. The fourth-order valence-electron chi connectivity index (χ4n) is 2.58. The first kappa shape index (κ1) is 15.3. The average molecular weight is 312 g/mol. The van der Waals surface area contributed by atoms with Crippen LogP contribution in [0.15, 0.2) is 78.4 Å². The van der Waals surface area contributed by atoms with Gasteiger partial charge in [-0.1, -0.05) is 66.8 Å². The standard InChI is InChI=1S/C20H15F3/c21-20(22,23)18-12-10-15(11-13-18)14-17-8-4-5-9-19(17)16-6-2-1-3-7-16/h1-7,9-14H,8H2. The molecule has 0 aliphatic heterocycles. The summed E-state index contributed by atoms with van der Waals surface area (Å²) >= 11 is 0. The molecule has 0 nitrogen and oxygen atoms in total. The van der Waals surface area contributed by atoms with E-state index in [2.05, 4.69) is 0 Å². The Morgan fingerprint density at radius 3 is 2.22 bits per heavy atom. The summed E-state index contributed by atoms with van der Waals surface area (Å²) in [6, 6.07) is 15.2. The first-order valence-corrected chi connectivity index (χ1v) is 7.34. The molecule has 0 N–H and O–H groups in total. The van der Waals surface area contributed by atoms with Crippen molar-refractivity contribution in [2.75, 3.05) is 0 Å². The average Bonchev–Trinajstić information content (AvgIpc) is 2.56. The molecule has 0 saturated heterocycles. The first-order valence-electron chi connectivity index (χ1n) is 7.34. The second kappa shape index (κ2) is 6.29. The zero-order valence-electron chi connectivity index (χ0n) is 12.3. The van der Waals surface area contributed by atoms with Gasteiger partial charge in [0.15, 0.2) is 0 Å². The zero-order chi connectivity index (χ0) is 16.3. The lowest BCUT2D eigenvalue weighted by atomic mass is 9.90. The highest BCUT2D eigenvalue weighted by Crippen LogP contribution is 2.32. The molecular formula is C20H15F3. The Bertz CT molecular complexity index is 761. The van der Waals surface area contributed by atoms with Crippen LogP contribution in [0.25, 0.3) is 11.6 Å². The second-order valence-electron chi connectivity index (χ2n) is 5.37. The minimum Gasteiger partial charge on any atom is -0.166 e. The van der Waals surface area contributed by atoms with Gasteiger partial charge in [0.1, 0.15) is 0 Å². The molecule has 2 aromatic rings. The van der Waals surface area contributed by atoms with E-state index in [-0.39, 0.29) is 0 Å². The van der Waals surface area contributed by atoms with Crippen LogP contribution < -0.4 is 0 Å². The lowest BCUT2D eigenvalue weighted by Crippen LogP contribution is -2.04. The minimum absolute atomic E-state index is 0.623. The van der Waals surface area contributed by atoms with Crippen molar-refractivity contribution in [3.63, 3.8) is 0 Å². The van der Waals surface area contributed by atoms with Crippen LogP contribution in [0.1, 0.15) is 23.1 Å². The van der Waals surface area contributed by atoms with Gasteiger partial charge >= 0.3 is 6.18 Å². The lowest BCUT2D eigenvalue weighted by Gasteiger charge is -2.14. The molecule has 3 heteroatoms. The summed E-state index contributed by atoms with van der Waals surface area (Å²) in [4.78, 5) is 0. The van der Waals surface area contributed by atoms with Crippen LogP contribution in [0.4, 0.5) is 13.2 Å². The van der Waals surface area contributed by atoms with Gasteiger partial charge in [-0.05, 0) is 40.8 Å². The Morgan fingerprint density at radius 2 is 1.57 bits per heavy atom. The number of rotatable bonds is 2. The van der Waals surface area contributed by atoms with Crippen molar-refractivity contribution in [1.82, 2.24) is 0 Å². The Morgan fingerprint density at radius 1 is 0.870 bits per heavy atom. The highest BCUT2D eigenvalue weighted by Gasteiger charge is 2.29. The van der Waals surface area contributed by atoms with Crippen molar-refractivity contribution in [3.05, 3.63) is 95.1 Å². The van der Waals surface area contributed by atoms with Gasteiger partial charge in [-0.15, -0.1) is 0 Å². The molecule has 0 spiro atoms. The third kappa shape index (κ3) is 3.62. The van der Waals surface area contributed by atoms with Crippen molar-refractivity contribution in [1.29, 1.82) is 0 Å². The van der Waals surface area contributed by atoms with Gasteiger partial charge in [0.2, 0.25) is 0 Å². The van der Waals surface area contributed by atoms with Gasteiger partial charge in [0.05, 0.1) is 5.56 Å². The lowest BCUT2D eigenvalue weighted by molar-refractivity contribution is -0.137. The van der Waals surface area contributed by atoms with E-state index in [1.165, 1.54) is 12.1 Å². The number of hydrogen-bond donors (Lipinski definition) is 0. The SMILES string of the molecule is FC(F)(F)c1ccc(C=C2CC=CC=C2c2ccccc2)cc1. The molecule has 0 unspecified atom stereocenters.